The van der Waals surface area contributed by atoms with Gasteiger partial charge in [0.1, 0.15) is 5.78 Å². The maximum atomic E-state index is 11.9. The van der Waals surface area contributed by atoms with E-state index in [1.54, 1.807) is 0 Å². The van der Waals surface area contributed by atoms with Crippen molar-refractivity contribution in [1.82, 2.24) is 4.90 Å². The molecular weight excluding hydrogens is 246 g/mol. The van der Waals surface area contributed by atoms with Crippen molar-refractivity contribution in [2.45, 2.75) is 97.2 Å². The van der Waals surface area contributed by atoms with E-state index in [2.05, 4.69) is 32.6 Å². The van der Waals surface area contributed by atoms with Crippen molar-refractivity contribution in [1.29, 1.82) is 0 Å². The van der Waals surface area contributed by atoms with Crippen molar-refractivity contribution in [3.63, 3.8) is 0 Å². The summed E-state index contributed by atoms with van der Waals surface area (Å²) in [6.45, 7) is 9.75. The summed E-state index contributed by atoms with van der Waals surface area (Å²) in [5.41, 5.74) is 0.893. The Bertz CT molecular complexity index is 366. The molecule has 0 aromatic heterocycles. The zero-order valence-corrected chi connectivity index (χ0v) is 13.7. The third kappa shape index (κ3) is 2.81. The van der Waals surface area contributed by atoms with E-state index in [1.807, 2.05) is 0 Å². The van der Waals surface area contributed by atoms with Gasteiger partial charge in [0, 0.05) is 31.0 Å². The third-order valence-corrected chi connectivity index (χ3v) is 5.80. The molecule has 20 heavy (non-hydrogen) atoms. The Kier molecular flexibility index (Phi) is 3.52. The first-order chi connectivity index (χ1) is 9.26. The first kappa shape index (κ1) is 14.6. The monoisotopic (exact) mass is 277 g/mol. The van der Waals surface area contributed by atoms with Gasteiger partial charge in [-0.05, 0) is 42.9 Å². The van der Waals surface area contributed by atoms with Crippen molar-refractivity contribution in [2.75, 3.05) is 0 Å². The molecule has 0 N–H and O–H groups in total. The maximum Gasteiger partial charge on any atom is 0.136 e. The fraction of sp³-hybridized carbons (Fsp3) is 0.944. The molecule has 2 unspecified atom stereocenters. The average molecular weight is 277 g/mol. The van der Waals surface area contributed by atoms with Crippen molar-refractivity contribution in [3.8, 4) is 0 Å². The number of rotatable bonds is 1. The molecule has 0 radical (unpaired) electrons. The Morgan fingerprint density at radius 2 is 1.40 bits per heavy atom. The van der Waals surface area contributed by atoms with Crippen LogP contribution in [0.25, 0.3) is 0 Å². The SMILES string of the molecule is CC1(C)CC(N2C3CCCC2CC(=O)C3)CC(C)(C)C1. The zero-order valence-electron chi connectivity index (χ0n) is 13.7. The van der Waals surface area contributed by atoms with Gasteiger partial charge in [0.2, 0.25) is 0 Å². The van der Waals surface area contributed by atoms with Crippen LogP contribution in [0.3, 0.4) is 0 Å². The van der Waals surface area contributed by atoms with Crippen molar-refractivity contribution >= 4 is 5.78 Å². The van der Waals surface area contributed by atoms with E-state index in [4.69, 9.17) is 0 Å². The predicted molar refractivity (Wildman–Crippen MR) is 82.7 cm³/mol. The minimum Gasteiger partial charge on any atom is -0.300 e. The fourth-order valence-corrected chi connectivity index (χ4v) is 5.80. The highest BCUT2D eigenvalue weighted by atomic mass is 16.1. The molecule has 2 heteroatoms. The average Bonchev–Trinajstić information content (AvgIpc) is 2.22. The van der Waals surface area contributed by atoms with Crippen LogP contribution in [0.5, 0.6) is 0 Å². The number of nitrogens with zero attached hydrogens (tertiary/aromatic N) is 1. The van der Waals surface area contributed by atoms with Crippen LogP contribution >= 0.6 is 0 Å². The Morgan fingerprint density at radius 3 is 1.90 bits per heavy atom. The van der Waals surface area contributed by atoms with Crippen molar-refractivity contribution < 1.29 is 4.79 Å². The lowest BCUT2D eigenvalue weighted by atomic mass is 9.62. The highest BCUT2D eigenvalue weighted by molar-refractivity contribution is 5.80. The number of carbonyl (C=O) groups excluding carboxylic acids is 1. The molecular formula is C18H31NO. The second-order valence-electron chi connectivity index (χ2n) is 9.20. The molecule has 2 heterocycles. The normalized spacial score (nSPS) is 37.9. The van der Waals surface area contributed by atoms with E-state index in [1.165, 1.54) is 38.5 Å². The third-order valence-electron chi connectivity index (χ3n) is 5.80. The zero-order chi connectivity index (χ0) is 14.5. The largest absolute Gasteiger partial charge is 0.300 e. The number of carbonyl (C=O) groups is 1. The van der Waals surface area contributed by atoms with Crippen LogP contribution in [-0.4, -0.2) is 28.8 Å². The van der Waals surface area contributed by atoms with E-state index in [9.17, 15) is 4.79 Å². The molecule has 0 spiro atoms. The van der Waals surface area contributed by atoms with Gasteiger partial charge >= 0.3 is 0 Å². The summed E-state index contributed by atoms with van der Waals surface area (Å²) >= 11 is 0. The molecule has 0 aromatic rings. The number of fused-ring (bicyclic) bond motifs is 2. The van der Waals surface area contributed by atoms with Crippen LogP contribution in [0.4, 0.5) is 0 Å². The molecule has 0 amide bonds. The number of ketones is 1. The Labute approximate surface area is 124 Å². The van der Waals surface area contributed by atoms with E-state index >= 15 is 0 Å². The number of hydrogen-bond donors (Lipinski definition) is 0. The predicted octanol–water partition coefficient (Wildman–Crippen LogP) is 4.18. The van der Waals surface area contributed by atoms with E-state index in [0.29, 0.717) is 34.7 Å². The van der Waals surface area contributed by atoms with E-state index in [-0.39, 0.29) is 0 Å². The minimum atomic E-state index is 0.447. The van der Waals surface area contributed by atoms with Gasteiger partial charge in [0.25, 0.3) is 0 Å². The van der Waals surface area contributed by atoms with Gasteiger partial charge in [0.15, 0.2) is 0 Å². The summed E-state index contributed by atoms with van der Waals surface area (Å²) in [6, 6.07) is 1.83. The standard InChI is InChI=1S/C18H31NO/c1-17(2)10-15(11-18(3,4)12-17)19-13-6-5-7-14(19)9-16(20)8-13/h13-15H,5-12H2,1-4H3. The summed E-state index contributed by atoms with van der Waals surface area (Å²) in [6.07, 6.45) is 9.45. The van der Waals surface area contributed by atoms with Crippen LogP contribution < -0.4 is 0 Å². The number of Topliss-reactive ketones (excluding diaryl/α,β-unsaturated/α-hetero) is 1. The molecule has 1 aliphatic carbocycles. The van der Waals surface area contributed by atoms with Crippen molar-refractivity contribution in [2.24, 2.45) is 10.8 Å². The van der Waals surface area contributed by atoms with Gasteiger partial charge in [-0.25, -0.2) is 0 Å². The molecule has 2 atom stereocenters. The lowest BCUT2D eigenvalue weighted by molar-refractivity contribution is -0.131. The van der Waals surface area contributed by atoms with Gasteiger partial charge in [-0.1, -0.05) is 34.1 Å². The molecule has 3 fully saturated rings. The fourth-order valence-electron chi connectivity index (χ4n) is 5.80. The highest BCUT2D eigenvalue weighted by Crippen LogP contribution is 2.49. The van der Waals surface area contributed by atoms with Gasteiger partial charge in [-0.2, -0.15) is 0 Å². The first-order valence-electron chi connectivity index (χ1n) is 8.55. The van der Waals surface area contributed by atoms with Crippen LogP contribution in [-0.2, 0) is 4.79 Å². The molecule has 114 valence electrons. The smallest absolute Gasteiger partial charge is 0.136 e. The quantitative estimate of drug-likeness (QED) is 0.716. The molecule has 1 saturated carbocycles. The molecule has 2 nitrogen and oxygen atoms in total. The number of hydrogen-bond acceptors (Lipinski definition) is 2. The van der Waals surface area contributed by atoms with Crippen molar-refractivity contribution in [3.05, 3.63) is 0 Å². The van der Waals surface area contributed by atoms with Gasteiger partial charge in [0.05, 0.1) is 0 Å². The minimum absolute atomic E-state index is 0.447. The second-order valence-corrected chi connectivity index (χ2v) is 9.20. The molecule has 3 aliphatic rings. The van der Waals surface area contributed by atoms with Crippen LogP contribution in [0.2, 0.25) is 0 Å². The molecule has 3 rings (SSSR count). The lowest BCUT2D eigenvalue weighted by Crippen LogP contribution is -2.59. The summed E-state index contributed by atoms with van der Waals surface area (Å²) in [5.74, 6) is 0.519. The molecule has 2 saturated heterocycles. The summed E-state index contributed by atoms with van der Waals surface area (Å²) in [7, 11) is 0. The maximum absolute atomic E-state index is 11.9. The highest BCUT2D eigenvalue weighted by Gasteiger charge is 2.46. The second kappa shape index (κ2) is 4.83. The lowest BCUT2D eigenvalue weighted by Gasteiger charge is -2.55. The Hall–Kier alpha value is -0.370. The molecule has 2 bridgehead atoms. The Morgan fingerprint density at radius 1 is 0.900 bits per heavy atom. The van der Waals surface area contributed by atoms with E-state index < -0.39 is 0 Å². The van der Waals surface area contributed by atoms with Crippen LogP contribution in [0.1, 0.15) is 79.1 Å². The van der Waals surface area contributed by atoms with Gasteiger partial charge < -0.3 is 0 Å². The molecule has 2 aliphatic heterocycles. The van der Waals surface area contributed by atoms with Crippen LogP contribution in [0.15, 0.2) is 0 Å². The topological polar surface area (TPSA) is 20.3 Å². The van der Waals surface area contributed by atoms with Gasteiger partial charge in [-0.3, -0.25) is 9.69 Å². The van der Waals surface area contributed by atoms with Gasteiger partial charge in [-0.15, -0.1) is 0 Å². The van der Waals surface area contributed by atoms with Crippen LogP contribution in [0, 0.1) is 10.8 Å². The summed E-state index contributed by atoms with van der Waals surface area (Å²) in [5, 5.41) is 0. The summed E-state index contributed by atoms with van der Waals surface area (Å²) < 4.78 is 0. The Balaban J connectivity index is 1.82. The summed E-state index contributed by atoms with van der Waals surface area (Å²) in [4.78, 5) is 14.7. The van der Waals surface area contributed by atoms with E-state index in [0.717, 1.165) is 12.8 Å². The number of piperidine rings is 2. The first-order valence-corrected chi connectivity index (χ1v) is 8.55. The molecule has 0 aromatic carbocycles.